The second kappa shape index (κ2) is 8.43. The molecule has 0 bridgehead atoms. The van der Waals surface area contributed by atoms with Crippen LogP contribution in [-0.2, 0) is 0 Å². The van der Waals surface area contributed by atoms with Gasteiger partial charge < -0.3 is 11.1 Å². The zero-order valence-corrected chi connectivity index (χ0v) is 9.21. The third-order valence-corrected chi connectivity index (χ3v) is 1.68. The Hall–Kier alpha value is -1.17. The lowest BCUT2D eigenvalue weighted by Crippen LogP contribution is -2.32. The Labute approximate surface area is 87.2 Å². The molecule has 0 fully saturated rings. The van der Waals surface area contributed by atoms with E-state index in [1.54, 1.807) is 0 Å². The van der Waals surface area contributed by atoms with Gasteiger partial charge in [-0.2, -0.15) is 0 Å². The second-order valence-electron chi connectivity index (χ2n) is 3.71. The topological polar surface area (TPSA) is 50.4 Å². The largest absolute Gasteiger partial charge is 0.370 e. The Morgan fingerprint density at radius 2 is 2.21 bits per heavy atom. The summed E-state index contributed by atoms with van der Waals surface area (Å²) in [4.78, 5) is 4.18. The molecule has 0 aliphatic carbocycles. The first-order chi connectivity index (χ1) is 6.66. The third-order valence-electron chi connectivity index (χ3n) is 1.68. The molecule has 0 heterocycles. The van der Waals surface area contributed by atoms with Crippen LogP contribution < -0.4 is 11.1 Å². The van der Waals surface area contributed by atoms with E-state index in [0.29, 0.717) is 11.9 Å². The molecule has 3 heteroatoms. The lowest BCUT2D eigenvalue weighted by Gasteiger charge is -2.05. The molecule has 0 amide bonds. The lowest BCUT2D eigenvalue weighted by molar-refractivity contribution is 0.658. The van der Waals surface area contributed by atoms with Crippen molar-refractivity contribution < 1.29 is 0 Å². The van der Waals surface area contributed by atoms with Gasteiger partial charge in [0.15, 0.2) is 5.96 Å². The summed E-state index contributed by atoms with van der Waals surface area (Å²) >= 11 is 0. The fourth-order valence-electron chi connectivity index (χ4n) is 0.905. The Bertz CT molecular complexity index is 201. The van der Waals surface area contributed by atoms with E-state index in [-0.39, 0.29) is 0 Å². The van der Waals surface area contributed by atoms with E-state index in [2.05, 4.69) is 30.1 Å². The van der Waals surface area contributed by atoms with Crippen molar-refractivity contribution >= 4 is 5.96 Å². The van der Waals surface area contributed by atoms with Crippen molar-refractivity contribution in [2.75, 3.05) is 13.1 Å². The fourth-order valence-corrected chi connectivity index (χ4v) is 0.905. The number of nitrogens with zero attached hydrogens (tertiary/aromatic N) is 1. The molecule has 0 aliphatic heterocycles. The van der Waals surface area contributed by atoms with Crippen LogP contribution in [0, 0.1) is 18.3 Å². The normalized spacial score (nSPS) is 11.4. The molecule has 3 N–H and O–H groups in total. The van der Waals surface area contributed by atoms with Crippen LogP contribution in [0.15, 0.2) is 4.99 Å². The highest BCUT2D eigenvalue weighted by Crippen LogP contribution is 1.92. The van der Waals surface area contributed by atoms with Crippen LogP contribution in [-0.4, -0.2) is 19.0 Å². The highest BCUT2D eigenvalue weighted by molar-refractivity contribution is 5.77. The SMILES string of the molecule is C#CCCCCNC(N)=NCC(C)C. The first-order valence-electron chi connectivity index (χ1n) is 5.14. The zero-order chi connectivity index (χ0) is 10.8. The van der Waals surface area contributed by atoms with Crippen molar-refractivity contribution in [1.82, 2.24) is 5.32 Å². The first kappa shape index (κ1) is 12.8. The Kier molecular flexibility index (Phi) is 7.72. The Morgan fingerprint density at radius 3 is 2.79 bits per heavy atom. The fraction of sp³-hybridized carbons (Fsp3) is 0.727. The van der Waals surface area contributed by atoms with E-state index in [4.69, 9.17) is 12.2 Å². The van der Waals surface area contributed by atoms with Crippen molar-refractivity contribution in [3.8, 4) is 12.3 Å². The van der Waals surface area contributed by atoms with E-state index in [9.17, 15) is 0 Å². The predicted molar refractivity (Wildman–Crippen MR) is 62.0 cm³/mol. The van der Waals surface area contributed by atoms with Crippen molar-refractivity contribution in [2.45, 2.75) is 33.1 Å². The van der Waals surface area contributed by atoms with Crippen LogP contribution in [0.4, 0.5) is 0 Å². The molecular weight excluding hydrogens is 174 g/mol. The van der Waals surface area contributed by atoms with Gasteiger partial charge in [-0.25, -0.2) is 0 Å². The average molecular weight is 195 g/mol. The maximum Gasteiger partial charge on any atom is 0.188 e. The quantitative estimate of drug-likeness (QED) is 0.291. The minimum absolute atomic E-state index is 0.541. The number of terminal acetylenes is 1. The summed E-state index contributed by atoms with van der Waals surface area (Å²) < 4.78 is 0. The number of hydrogen-bond acceptors (Lipinski definition) is 1. The predicted octanol–water partition coefficient (Wildman–Crippen LogP) is 1.35. The number of hydrogen-bond donors (Lipinski definition) is 2. The molecule has 0 saturated heterocycles. The van der Waals surface area contributed by atoms with Gasteiger partial charge in [-0.05, 0) is 18.8 Å². The van der Waals surface area contributed by atoms with Gasteiger partial charge in [-0.15, -0.1) is 12.3 Å². The van der Waals surface area contributed by atoms with Gasteiger partial charge in [-0.3, -0.25) is 4.99 Å². The van der Waals surface area contributed by atoms with Crippen LogP contribution in [0.5, 0.6) is 0 Å². The average Bonchev–Trinajstić information content (AvgIpc) is 2.14. The highest BCUT2D eigenvalue weighted by Gasteiger charge is 1.93. The molecule has 0 aromatic carbocycles. The van der Waals surface area contributed by atoms with Gasteiger partial charge in [0.1, 0.15) is 0 Å². The number of aliphatic imine (C=N–C) groups is 1. The summed E-state index contributed by atoms with van der Waals surface area (Å²) in [6.07, 6.45) is 8.06. The first-order valence-corrected chi connectivity index (χ1v) is 5.14. The van der Waals surface area contributed by atoms with E-state index >= 15 is 0 Å². The summed E-state index contributed by atoms with van der Waals surface area (Å²) in [6.45, 7) is 5.87. The summed E-state index contributed by atoms with van der Waals surface area (Å²) in [5, 5.41) is 3.06. The molecule has 0 atom stereocenters. The molecule has 0 saturated carbocycles. The summed E-state index contributed by atoms with van der Waals surface area (Å²) in [5.74, 6) is 3.70. The number of unbranched alkanes of at least 4 members (excludes halogenated alkanes) is 2. The van der Waals surface area contributed by atoms with Crippen molar-refractivity contribution in [3.05, 3.63) is 0 Å². The molecule has 0 radical (unpaired) electrons. The highest BCUT2D eigenvalue weighted by atomic mass is 15.1. The smallest absolute Gasteiger partial charge is 0.188 e. The standard InChI is InChI=1S/C11H21N3/c1-4-5-6-7-8-13-11(12)14-9-10(2)3/h1,10H,5-9H2,2-3H3,(H3,12,13,14). The maximum absolute atomic E-state index is 5.64. The van der Waals surface area contributed by atoms with Gasteiger partial charge in [0.05, 0.1) is 0 Å². The minimum Gasteiger partial charge on any atom is -0.370 e. The molecule has 3 nitrogen and oxygen atoms in total. The van der Waals surface area contributed by atoms with E-state index in [0.717, 1.165) is 32.4 Å². The Balaban J connectivity index is 3.39. The number of nitrogens with two attached hydrogens (primary N) is 1. The van der Waals surface area contributed by atoms with Gasteiger partial charge in [0.2, 0.25) is 0 Å². The molecule has 0 aromatic heterocycles. The molecule has 0 spiro atoms. The van der Waals surface area contributed by atoms with Crippen molar-refractivity contribution in [3.63, 3.8) is 0 Å². The molecule has 80 valence electrons. The van der Waals surface area contributed by atoms with Gasteiger partial charge in [-0.1, -0.05) is 13.8 Å². The third kappa shape index (κ3) is 8.92. The monoisotopic (exact) mass is 195 g/mol. The van der Waals surface area contributed by atoms with Crippen LogP contribution in [0.3, 0.4) is 0 Å². The Morgan fingerprint density at radius 1 is 1.50 bits per heavy atom. The van der Waals surface area contributed by atoms with Gasteiger partial charge in [0.25, 0.3) is 0 Å². The van der Waals surface area contributed by atoms with Crippen LogP contribution in [0.2, 0.25) is 0 Å². The van der Waals surface area contributed by atoms with Crippen molar-refractivity contribution in [1.29, 1.82) is 0 Å². The number of rotatable bonds is 6. The molecule has 0 unspecified atom stereocenters. The van der Waals surface area contributed by atoms with Crippen molar-refractivity contribution in [2.24, 2.45) is 16.6 Å². The maximum atomic E-state index is 5.64. The van der Waals surface area contributed by atoms with Gasteiger partial charge >= 0.3 is 0 Å². The van der Waals surface area contributed by atoms with Crippen LogP contribution in [0.25, 0.3) is 0 Å². The minimum atomic E-state index is 0.541. The molecular formula is C11H21N3. The number of guanidine groups is 1. The molecule has 0 aromatic rings. The van der Waals surface area contributed by atoms with E-state index < -0.39 is 0 Å². The summed E-state index contributed by atoms with van der Waals surface area (Å²) in [5.41, 5.74) is 5.64. The molecule has 0 rings (SSSR count). The van der Waals surface area contributed by atoms with E-state index in [1.807, 2.05) is 0 Å². The van der Waals surface area contributed by atoms with E-state index in [1.165, 1.54) is 0 Å². The van der Waals surface area contributed by atoms with Crippen LogP contribution in [0.1, 0.15) is 33.1 Å². The van der Waals surface area contributed by atoms with Crippen LogP contribution >= 0.6 is 0 Å². The lowest BCUT2D eigenvalue weighted by atomic mass is 10.2. The number of nitrogens with one attached hydrogen (secondary N) is 1. The molecule has 0 aliphatic rings. The second-order valence-corrected chi connectivity index (χ2v) is 3.71. The molecule has 14 heavy (non-hydrogen) atoms. The van der Waals surface area contributed by atoms with Gasteiger partial charge in [0, 0.05) is 19.5 Å². The zero-order valence-electron chi connectivity index (χ0n) is 9.21. The summed E-state index contributed by atoms with van der Waals surface area (Å²) in [7, 11) is 0. The summed E-state index contributed by atoms with van der Waals surface area (Å²) in [6, 6.07) is 0.